The summed E-state index contributed by atoms with van der Waals surface area (Å²) in [6.45, 7) is -0.569. The van der Waals surface area contributed by atoms with Crippen LogP contribution in [0.3, 0.4) is 0 Å². The van der Waals surface area contributed by atoms with Crippen molar-refractivity contribution in [3.8, 4) is 28.5 Å². The van der Waals surface area contributed by atoms with E-state index >= 15 is 0 Å². The van der Waals surface area contributed by atoms with E-state index in [0.717, 1.165) is 0 Å². The van der Waals surface area contributed by atoms with Crippen LogP contribution in [0.25, 0.3) is 22.4 Å². The first-order valence-corrected chi connectivity index (χ1v) is 8.68. The molecule has 158 valence electrons. The summed E-state index contributed by atoms with van der Waals surface area (Å²) in [4.78, 5) is 34.8. The minimum Gasteiger partial charge on any atom is -0.493 e. The number of carbonyl (C=O) groups is 2. The number of aromatic amines is 1. The van der Waals surface area contributed by atoms with Gasteiger partial charge in [-0.3, -0.25) is 4.79 Å². The quantitative estimate of drug-likeness (QED) is 0.448. The summed E-state index contributed by atoms with van der Waals surface area (Å²) >= 11 is 0. The van der Waals surface area contributed by atoms with E-state index in [2.05, 4.69) is 15.0 Å². The molecule has 0 radical (unpaired) electrons. The smallest absolute Gasteiger partial charge is 0.342 e. The lowest BCUT2D eigenvalue weighted by Crippen LogP contribution is -2.33. The Morgan fingerprint density at radius 3 is 2.40 bits per heavy atom. The summed E-state index contributed by atoms with van der Waals surface area (Å²) in [6, 6.07) is 3.40. The number of hydrogen-bond donors (Lipinski definition) is 3. The third kappa shape index (κ3) is 3.96. The Labute approximate surface area is 170 Å². The molecule has 1 aromatic carbocycles. The fourth-order valence-corrected chi connectivity index (χ4v) is 2.73. The number of esters is 1. The molecular weight excluding hydrogens is 396 g/mol. The van der Waals surface area contributed by atoms with Crippen molar-refractivity contribution < 1.29 is 33.6 Å². The SMILES string of the molecule is COc1cc(-c2cnc3[nH]cc(C(=O)OCC(O)C(N)=O)c3n2)cc(OC)c1OC. The number of aromatic nitrogens is 3. The van der Waals surface area contributed by atoms with E-state index in [1.54, 1.807) is 12.1 Å². The fraction of sp³-hybridized carbons (Fsp3) is 0.263. The first kappa shape index (κ1) is 20.9. The maximum Gasteiger partial charge on any atom is 0.342 e. The zero-order chi connectivity index (χ0) is 21.8. The number of amides is 1. The van der Waals surface area contributed by atoms with Gasteiger partial charge in [-0.2, -0.15) is 0 Å². The number of primary amides is 1. The van der Waals surface area contributed by atoms with Crippen LogP contribution >= 0.6 is 0 Å². The van der Waals surface area contributed by atoms with Gasteiger partial charge in [0.1, 0.15) is 17.7 Å². The summed E-state index contributed by atoms with van der Waals surface area (Å²) in [5.74, 6) is -0.494. The van der Waals surface area contributed by atoms with E-state index in [4.69, 9.17) is 24.7 Å². The number of aliphatic hydroxyl groups is 1. The van der Waals surface area contributed by atoms with E-state index < -0.39 is 24.6 Å². The van der Waals surface area contributed by atoms with Crippen LogP contribution in [0.4, 0.5) is 0 Å². The number of H-pyrrole nitrogens is 1. The van der Waals surface area contributed by atoms with Crippen LogP contribution < -0.4 is 19.9 Å². The van der Waals surface area contributed by atoms with Crippen LogP contribution in [0.1, 0.15) is 10.4 Å². The van der Waals surface area contributed by atoms with E-state index in [-0.39, 0.29) is 11.1 Å². The number of hydrogen-bond acceptors (Lipinski definition) is 9. The minimum atomic E-state index is -1.60. The Hall–Kier alpha value is -3.86. The summed E-state index contributed by atoms with van der Waals surface area (Å²) in [7, 11) is 4.49. The molecule has 30 heavy (non-hydrogen) atoms. The van der Waals surface area contributed by atoms with Gasteiger partial charge in [0.25, 0.3) is 0 Å². The highest BCUT2D eigenvalue weighted by Gasteiger charge is 2.21. The Bertz CT molecular complexity index is 1070. The van der Waals surface area contributed by atoms with Crippen LogP contribution in [0.5, 0.6) is 17.2 Å². The van der Waals surface area contributed by atoms with Crippen LogP contribution in [-0.2, 0) is 9.53 Å². The predicted octanol–water partition coefficient (Wildman–Crippen LogP) is 0.654. The van der Waals surface area contributed by atoms with Gasteiger partial charge in [0.05, 0.1) is 33.2 Å². The number of carbonyl (C=O) groups excluding carboxylic acids is 2. The van der Waals surface area contributed by atoms with Crippen LogP contribution in [0.15, 0.2) is 24.5 Å². The van der Waals surface area contributed by atoms with Gasteiger partial charge in [0.15, 0.2) is 23.3 Å². The van der Waals surface area contributed by atoms with Crippen molar-refractivity contribution in [2.75, 3.05) is 27.9 Å². The highest BCUT2D eigenvalue weighted by Crippen LogP contribution is 2.40. The van der Waals surface area contributed by atoms with Crippen molar-refractivity contribution in [2.45, 2.75) is 6.10 Å². The molecule has 2 heterocycles. The van der Waals surface area contributed by atoms with Crippen molar-refractivity contribution in [2.24, 2.45) is 5.73 Å². The Morgan fingerprint density at radius 1 is 1.17 bits per heavy atom. The molecule has 0 fully saturated rings. The molecule has 0 saturated heterocycles. The molecule has 0 aliphatic heterocycles. The average Bonchev–Trinajstić information content (AvgIpc) is 3.19. The lowest BCUT2D eigenvalue weighted by atomic mass is 10.1. The van der Waals surface area contributed by atoms with Gasteiger partial charge in [-0.1, -0.05) is 0 Å². The Morgan fingerprint density at radius 2 is 1.83 bits per heavy atom. The molecule has 0 bridgehead atoms. The number of ether oxygens (including phenoxy) is 4. The normalized spacial score (nSPS) is 11.7. The van der Waals surface area contributed by atoms with E-state index in [9.17, 15) is 14.7 Å². The van der Waals surface area contributed by atoms with E-state index in [0.29, 0.717) is 34.2 Å². The number of benzene rings is 1. The molecule has 1 amide bonds. The Balaban J connectivity index is 1.99. The molecular formula is C19H20N4O7. The second kappa shape index (κ2) is 8.66. The van der Waals surface area contributed by atoms with Gasteiger partial charge in [-0.05, 0) is 12.1 Å². The summed E-state index contributed by atoms with van der Waals surface area (Å²) in [5.41, 5.74) is 6.69. The third-order valence-corrected chi connectivity index (χ3v) is 4.26. The third-order valence-electron chi connectivity index (χ3n) is 4.26. The maximum atomic E-state index is 12.3. The zero-order valence-electron chi connectivity index (χ0n) is 16.5. The number of methoxy groups -OCH3 is 3. The minimum absolute atomic E-state index is 0.0865. The monoisotopic (exact) mass is 416 g/mol. The van der Waals surface area contributed by atoms with Gasteiger partial charge >= 0.3 is 5.97 Å². The molecule has 11 heteroatoms. The van der Waals surface area contributed by atoms with Gasteiger partial charge < -0.3 is 34.8 Å². The largest absolute Gasteiger partial charge is 0.493 e. The number of fused-ring (bicyclic) bond motifs is 1. The zero-order valence-corrected chi connectivity index (χ0v) is 16.5. The molecule has 1 atom stereocenters. The van der Waals surface area contributed by atoms with Crippen molar-refractivity contribution >= 4 is 23.0 Å². The molecule has 11 nitrogen and oxygen atoms in total. The van der Waals surface area contributed by atoms with Gasteiger partial charge in [0, 0.05) is 11.8 Å². The number of nitrogens with two attached hydrogens (primary N) is 1. The highest BCUT2D eigenvalue weighted by molar-refractivity contribution is 6.01. The molecule has 0 aliphatic carbocycles. The van der Waals surface area contributed by atoms with Crippen LogP contribution in [0.2, 0.25) is 0 Å². The lowest BCUT2D eigenvalue weighted by molar-refractivity contribution is -0.127. The van der Waals surface area contributed by atoms with Crippen LogP contribution in [0, 0.1) is 0 Å². The maximum absolute atomic E-state index is 12.3. The van der Waals surface area contributed by atoms with Crippen molar-refractivity contribution in [3.05, 3.63) is 30.1 Å². The summed E-state index contributed by atoms with van der Waals surface area (Å²) in [5, 5.41) is 9.40. The number of rotatable bonds is 8. The van der Waals surface area contributed by atoms with Gasteiger partial charge in [-0.25, -0.2) is 14.8 Å². The van der Waals surface area contributed by atoms with Crippen molar-refractivity contribution in [1.29, 1.82) is 0 Å². The summed E-state index contributed by atoms with van der Waals surface area (Å²) in [6.07, 6.45) is 1.30. The topological polar surface area (TPSA) is 159 Å². The molecule has 3 rings (SSSR count). The van der Waals surface area contributed by atoms with Gasteiger partial charge in [-0.15, -0.1) is 0 Å². The molecule has 2 aromatic heterocycles. The van der Waals surface area contributed by atoms with Crippen LogP contribution in [-0.4, -0.2) is 66.0 Å². The second-order valence-electron chi connectivity index (χ2n) is 6.09. The first-order valence-electron chi connectivity index (χ1n) is 8.68. The standard InChI is InChI=1S/C19H20N4O7/c1-27-13-4-9(5-14(28-2)16(13)29-3)11-7-22-18-15(23-11)10(6-21-18)19(26)30-8-12(24)17(20)25/h4-7,12,24H,8H2,1-3H3,(H2,20,25)(H,21,22). The van der Waals surface area contributed by atoms with E-state index in [1.807, 2.05) is 0 Å². The van der Waals surface area contributed by atoms with Gasteiger partial charge in [0.2, 0.25) is 11.7 Å². The summed E-state index contributed by atoms with van der Waals surface area (Å²) < 4.78 is 21.0. The average molecular weight is 416 g/mol. The number of nitrogens with one attached hydrogen (secondary N) is 1. The Kier molecular flexibility index (Phi) is 6.02. The molecule has 0 saturated carbocycles. The second-order valence-corrected chi connectivity index (χ2v) is 6.09. The lowest BCUT2D eigenvalue weighted by Gasteiger charge is -2.14. The highest BCUT2D eigenvalue weighted by atomic mass is 16.5. The van der Waals surface area contributed by atoms with E-state index in [1.165, 1.54) is 33.7 Å². The molecule has 0 aliphatic rings. The molecule has 3 aromatic rings. The molecule has 1 unspecified atom stereocenters. The predicted molar refractivity (Wildman–Crippen MR) is 104 cm³/mol. The molecule has 4 N–H and O–H groups in total. The number of aliphatic hydroxyl groups excluding tert-OH is 1. The fourth-order valence-electron chi connectivity index (χ4n) is 2.73. The number of nitrogens with zero attached hydrogens (tertiary/aromatic N) is 2. The first-order chi connectivity index (χ1) is 14.4. The van der Waals surface area contributed by atoms with Crippen molar-refractivity contribution in [3.63, 3.8) is 0 Å². The molecule has 0 spiro atoms. The van der Waals surface area contributed by atoms with Crippen molar-refractivity contribution in [1.82, 2.24) is 15.0 Å².